The van der Waals surface area contributed by atoms with Gasteiger partial charge in [0.15, 0.2) is 5.78 Å². The Bertz CT molecular complexity index is 1160. The van der Waals surface area contributed by atoms with Gasteiger partial charge in [0.1, 0.15) is 12.1 Å². The van der Waals surface area contributed by atoms with Crippen LogP contribution in [0, 0.1) is 0 Å². The number of anilines is 3. The summed E-state index contributed by atoms with van der Waals surface area (Å²) in [5, 5.41) is 7.92. The number of carbonyl (C=O) groups excluding carboxylic acids is 2. The first-order valence-corrected chi connectivity index (χ1v) is 10.7. The van der Waals surface area contributed by atoms with E-state index in [-0.39, 0.29) is 24.5 Å². The fourth-order valence-corrected chi connectivity index (χ4v) is 3.68. The maximum absolute atomic E-state index is 12.1. The Kier molecular flexibility index (Phi) is 6.44. The fraction of sp³-hybridized carbons (Fsp3) is 0.0833. The van der Waals surface area contributed by atoms with Gasteiger partial charge >= 0.3 is 0 Å². The lowest BCUT2D eigenvalue weighted by Gasteiger charge is -2.09. The average Bonchev–Trinajstić information content (AvgIpc) is 3.35. The number of hydrogen-bond acceptors (Lipinski definition) is 6. The minimum absolute atomic E-state index is 0.00980. The van der Waals surface area contributed by atoms with Crippen molar-refractivity contribution in [1.29, 1.82) is 0 Å². The molecule has 2 aromatic carbocycles. The van der Waals surface area contributed by atoms with Gasteiger partial charge in [0.2, 0.25) is 5.91 Å². The molecule has 2 heterocycles. The zero-order valence-corrected chi connectivity index (χ0v) is 17.4. The Morgan fingerprint density at radius 3 is 2.35 bits per heavy atom. The van der Waals surface area contributed by atoms with Gasteiger partial charge in [-0.1, -0.05) is 36.4 Å². The maximum atomic E-state index is 12.1. The second kappa shape index (κ2) is 9.77. The lowest BCUT2D eigenvalue weighted by atomic mass is 10.1. The van der Waals surface area contributed by atoms with E-state index in [9.17, 15) is 9.59 Å². The van der Waals surface area contributed by atoms with Crippen molar-refractivity contribution in [3.05, 3.63) is 89.4 Å². The highest BCUT2D eigenvalue weighted by molar-refractivity contribution is 7.12. The number of nitrogens with one attached hydrogen (secondary N) is 2. The number of amides is 1. The van der Waals surface area contributed by atoms with Gasteiger partial charge in [-0.15, -0.1) is 11.3 Å². The molecule has 0 aliphatic carbocycles. The van der Waals surface area contributed by atoms with Crippen LogP contribution in [0.15, 0.2) is 84.5 Å². The van der Waals surface area contributed by atoms with E-state index in [0.29, 0.717) is 16.4 Å². The molecule has 6 nitrogen and oxygen atoms in total. The van der Waals surface area contributed by atoms with Crippen LogP contribution >= 0.6 is 11.3 Å². The monoisotopic (exact) mass is 428 g/mol. The first-order chi connectivity index (χ1) is 15.2. The average molecular weight is 429 g/mol. The molecular formula is C24H20N4O2S. The number of carbonyl (C=O) groups is 2. The van der Waals surface area contributed by atoms with E-state index in [1.54, 1.807) is 18.2 Å². The van der Waals surface area contributed by atoms with Crippen LogP contribution in [0.25, 0.3) is 11.3 Å². The van der Waals surface area contributed by atoms with Crippen LogP contribution in [-0.4, -0.2) is 21.7 Å². The van der Waals surface area contributed by atoms with Crippen LogP contribution in [0.3, 0.4) is 0 Å². The molecule has 0 bridgehead atoms. The molecular weight excluding hydrogens is 408 g/mol. The van der Waals surface area contributed by atoms with Crippen LogP contribution in [0.1, 0.15) is 22.5 Å². The zero-order valence-electron chi connectivity index (χ0n) is 16.6. The standard InChI is InChI=1S/C24H20N4O2S/c29-21(22-7-4-14-31-22)12-13-24(30)28-19-10-8-18(9-11-19)27-23-15-20(25-16-26-23)17-5-2-1-3-6-17/h1-11,14-16H,12-13H2,(H,28,30)(H,25,26,27). The number of nitrogens with zero attached hydrogens (tertiary/aromatic N) is 2. The van der Waals surface area contributed by atoms with Crippen molar-refractivity contribution in [2.45, 2.75) is 12.8 Å². The molecule has 31 heavy (non-hydrogen) atoms. The molecule has 0 spiro atoms. The Morgan fingerprint density at radius 1 is 0.839 bits per heavy atom. The minimum Gasteiger partial charge on any atom is -0.340 e. The zero-order chi connectivity index (χ0) is 21.5. The molecule has 1 amide bonds. The topological polar surface area (TPSA) is 84.0 Å². The van der Waals surface area contributed by atoms with Crippen LogP contribution in [0.4, 0.5) is 17.2 Å². The minimum atomic E-state index is -0.186. The summed E-state index contributed by atoms with van der Waals surface area (Å²) < 4.78 is 0. The van der Waals surface area contributed by atoms with E-state index < -0.39 is 0 Å². The Labute approximate surface area is 184 Å². The van der Waals surface area contributed by atoms with Crippen molar-refractivity contribution in [2.75, 3.05) is 10.6 Å². The van der Waals surface area contributed by atoms with E-state index in [0.717, 1.165) is 16.9 Å². The van der Waals surface area contributed by atoms with Gasteiger partial charge in [-0.05, 0) is 35.7 Å². The molecule has 0 saturated heterocycles. The first-order valence-electron chi connectivity index (χ1n) is 9.78. The van der Waals surface area contributed by atoms with Gasteiger partial charge in [0.25, 0.3) is 0 Å². The van der Waals surface area contributed by atoms with Gasteiger partial charge < -0.3 is 10.6 Å². The molecule has 0 atom stereocenters. The quantitative estimate of drug-likeness (QED) is 0.360. The number of thiophene rings is 1. The largest absolute Gasteiger partial charge is 0.340 e. The molecule has 154 valence electrons. The summed E-state index contributed by atoms with van der Waals surface area (Å²) in [5.41, 5.74) is 3.36. The Morgan fingerprint density at radius 2 is 1.61 bits per heavy atom. The second-order valence-electron chi connectivity index (χ2n) is 6.81. The predicted octanol–water partition coefficient (Wildman–Crippen LogP) is 5.55. The van der Waals surface area contributed by atoms with Crippen LogP contribution in [-0.2, 0) is 4.79 Å². The number of aromatic nitrogens is 2. The third-order valence-electron chi connectivity index (χ3n) is 4.55. The summed E-state index contributed by atoms with van der Waals surface area (Å²) in [6.45, 7) is 0. The van der Waals surface area contributed by atoms with Gasteiger partial charge in [-0.2, -0.15) is 0 Å². The predicted molar refractivity (Wildman–Crippen MR) is 124 cm³/mol. The van der Waals surface area contributed by atoms with Crippen LogP contribution in [0.2, 0.25) is 0 Å². The van der Waals surface area contributed by atoms with E-state index in [4.69, 9.17) is 0 Å². The smallest absolute Gasteiger partial charge is 0.224 e. The summed E-state index contributed by atoms with van der Waals surface area (Å²) in [7, 11) is 0. The summed E-state index contributed by atoms with van der Waals surface area (Å²) in [6.07, 6.45) is 1.88. The van der Waals surface area contributed by atoms with Gasteiger partial charge in [0, 0.05) is 35.8 Å². The maximum Gasteiger partial charge on any atom is 0.224 e. The molecule has 7 heteroatoms. The van der Waals surface area contributed by atoms with Crippen molar-refractivity contribution in [3.63, 3.8) is 0 Å². The molecule has 0 fully saturated rings. The number of rotatable bonds is 8. The van der Waals surface area contributed by atoms with E-state index in [1.807, 2.05) is 60.0 Å². The Balaban J connectivity index is 1.32. The normalized spacial score (nSPS) is 10.5. The van der Waals surface area contributed by atoms with E-state index >= 15 is 0 Å². The molecule has 4 rings (SSSR count). The van der Waals surface area contributed by atoms with Crippen LogP contribution in [0.5, 0.6) is 0 Å². The third kappa shape index (κ3) is 5.61. The third-order valence-corrected chi connectivity index (χ3v) is 5.46. The second-order valence-corrected chi connectivity index (χ2v) is 7.75. The fourth-order valence-electron chi connectivity index (χ4n) is 2.99. The molecule has 0 aliphatic heterocycles. The molecule has 0 radical (unpaired) electrons. The highest BCUT2D eigenvalue weighted by Crippen LogP contribution is 2.22. The van der Waals surface area contributed by atoms with E-state index in [1.165, 1.54) is 17.7 Å². The summed E-state index contributed by atoms with van der Waals surface area (Å²) in [5.74, 6) is 0.482. The highest BCUT2D eigenvalue weighted by atomic mass is 32.1. The summed E-state index contributed by atoms with van der Waals surface area (Å²) in [6, 6.07) is 22.7. The first kappa shape index (κ1) is 20.4. The highest BCUT2D eigenvalue weighted by Gasteiger charge is 2.10. The van der Waals surface area contributed by atoms with Gasteiger partial charge in [-0.25, -0.2) is 9.97 Å². The SMILES string of the molecule is O=C(CCC(=O)c1cccs1)Nc1ccc(Nc2cc(-c3ccccc3)ncn2)cc1. The van der Waals surface area contributed by atoms with Crippen molar-refractivity contribution >= 4 is 40.2 Å². The van der Waals surface area contributed by atoms with Gasteiger partial charge in [-0.3, -0.25) is 9.59 Å². The Hall–Kier alpha value is -3.84. The number of benzene rings is 2. The number of hydrogen-bond donors (Lipinski definition) is 2. The van der Waals surface area contributed by atoms with E-state index in [2.05, 4.69) is 20.6 Å². The van der Waals surface area contributed by atoms with Crippen molar-refractivity contribution in [2.24, 2.45) is 0 Å². The number of ketones is 1. The molecule has 2 aromatic heterocycles. The molecule has 2 N–H and O–H groups in total. The van der Waals surface area contributed by atoms with Crippen molar-refractivity contribution < 1.29 is 9.59 Å². The lowest BCUT2D eigenvalue weighted by molar-refractivity contribution is -0.116. The molecule has 4 aromatic rings. The molecule has 0 aliphatic rings. The molecule has 0 unspecified atom stereocenters. The van der Waals surface area contributed by atoms with Gasteiger partial charge in [0.05, 0.1) is 10.6 Å². The number of Topliss-reactive ketones (excluding diaryl/α,β-unsaturated/α-hetero) is 1. The summed E-state index contributed by atoms with van der Waals surface area (Å²) >= 11 is 1.39. The lowest BCUT2D eigenvalue weighted by Crippen LogP contribution is -2.13. The van der Waals surface area contributed by atoms with Crippen molar-refractivity contribution in [3.8, 4) is 11.3 Å². The molecule has 0 saturated carbocycles. The summed E-state index contributed by atoms with van der Waals surface area (Å²) in [4.78, 5) is 33.4. The van der Waals surface area contributed by atoms with Crippen LogP contribution < -0.4 is 10.6 Å². The van der Waals surface area contributed by atoms with Crippen molar-refractivity contribution in [1.82, 2.24) is 9.97 Å².